The van der Waals surface area contributed by atoms with E-state index in [1.54, 1.807) is 6.92 Å². The number of aliphatic hydroxyl groups is 1. The van der Waals surface area contributed by atoms with E-state index in [1.165, 1.54) is 24.0 Å². The topological polar surface area (TPSA) is 66.0 Å². The van der Waals surface area contributed by atoms with Crippen molar-refractivity contribution in [3.8, 4) is 0 Å². The quantitative estimate of drug-likeness (QED) is 0.851. The highest BCUT2D eigenvalue weighted by molar-refractivity contribution is 9.10. The SMILES string of the molecule is CC(O)c1ccc(Br)cc1Sc1nccc(=O)[nH]1. The second-order valence-electron chi connectivity index (χ2n) is 3.70. The number of rotatable bonds is 3. The first kappa shape index (κ1) is 13.3. The summed E-state index contributed by atoms with van der Waals surface area (Å²) in [6.45, 7) is 1.70. The van der Waals surface area contributed by atoms with Crippen LogP contribution in [-0.4, -0.2) is 15.1 Å². The predicted molar refractivity (Wildman–Crippen MR) is 73.8 cm³/mol. The van der Waals surface area contributed by atoms with Gasteiger partial charge in [0.2, 0.25) is 0 Å². The zero-order valence-electron chi connectivity index (χ0n) is 9.55. The number of hydrogen-bond acceptors (Lipinski definition) is 4. The molecule has 1 aromatic heterocycles. The first-order valence-electron chi connectivity index (χ1n) is 5.27. The van der Waals surface area contributed by atoms with Crippen LogP contribution in [0.1, 0.15) is 18.6 Å². The Morgan fingerprint density at radius 1 is 1.44 bits per heavy atom. The van der Waals surface area contributed by atoms with Crippen LogP contribution in [0.5, 0.6) is 0 Å². The van der Waals surface area contributed by atoms with E-state index in [0.717, 1.165) is 14.9 Å². The lowest BCUT2D eigenvalue weighted by Gasteiger charge is -2.11. The molecule has 0 saturated heterocycles. The largest absolute Gasteiger partial charge is 0.389 e. The van der Waals surface area contributed by atoms with Crippen molar-refractivity contribution in [2.45, 2.75) is 23.1 Å². The van der Waals surface area contributed by atoms with Crippen molar-refractivity contribution in [2.75, 3.05) is 0 Å². The lowest BCUT2D eigenvalue weighted by atomic mass is 10.1. The lowest BCUT2D eigenvalue weighted by molar-refractivity contribution is 0.196. The predicted octanol–water partition coefficient (Wildman–Crippen LogP) is 2.74. The summed E-state index contributed by atoms with van der Waals surface area (Å²) >= 11 is 4.70. The van der Waals surface area contributed by atoms with Crippen molar-refractivity contribution in [1.82, 2.24) is 9.97 Å². The van der Waals surface area contributed by atoms with Crippen LogP contribution in [0.4, 0.5) is 0 Å². The molecule has 2 N–H and O–H groups in total. The minimum Gasteiger partial charge on any atom is -0.389 e. The van der Waals surface area contributed by atoms with Crippen LogP contribution in [-0.2, 0) is 0 Å². The Labute approximate surface area is 117 Å². The van der Waals surface area contributed by atoms with Gasteiger partial charge in [-0.2, -0.15) is 0 Å². The van der Waals surface area contributed by atoms with E-state index in [-0.39, 0.29) is 5.56 Å². The summed E-state index contributed by atoms with van der Waals surface area (Å²) in [5, 5.41) is 10.2. The van der Waals surface area contributed by atoms with E-state index < -0.39 is 6.10 Å². The molecule has 1 atom stereocenters. The molecule has 2 rings (SSSR count). The number of benzene rings is 1. The average molecular weight is 327 g/mol. The van der Waals surface area contributed by atoms with Gasteiger partial charge in [0.05, 0.1) is 6.10 Å². The molecule has 2 aromatic rings. The molecule has 18 heavy (non-hydrogen) atoms. The molecule has 0 radical (unpaired) electrons. The average Bonchev–Trinajstić information content (AvgIpc) is 2.28. The number of nitrogens with zero attached hydrogens (tertiary/aromatic N) is 1. The molecule has 0 aliphatic rings. The highest BCUT2D eigenvalue weighted by atomic mass is 79.9. The number of halogens is 1. The Kier molecular flexibility index (Phi) is 4.21. The van der Waals surface area contributed by atoms with Crippen LogP contribution in [0.25, 0.3) is 0 Å². The van der Waals surface area contributed by atoms with E-state index in [1.807, 2.05) is 18.2 Å². The first-order chi connectivity index (χ1) is 8.56. The van der Waals surface area contributed by atoms with Crippen LogP contribution in [0.3, 0.4) is 0 Å². The monoisotopic (exact) mass is 326 g/mol. The molecule has 6 heteroatoms. The molecule has 94 valence electrons. The van der Waals surface area contributed by atoms with Crippen LogP contribution in [0.15, 0.2) is 49.8 Å². The van der Waals surface area contributed by atoms with Gasteiger partial charge >= 0.3 is 0 Å². The summed E-state index contributed by atoms with van der Waals surface area (Å²) in [4.78, 5) is 18.8. The maximum Gasteiger partial charge on any atom is 0.251 e. The van der Waals surface area contributed by atoms with Crippen molar-refractivity contribution in [3.63, 3.8) is 0 Å². The van der Waals surface area contributed by atoms with Crippen molar-refractivity contribution in [2.24, 2.45) is 0 Å². The Balaban J connectivity index is 2.39. The van der Waals surface area contributed by atoms with Gasteiger partial charge < -0.3 is 10.1 Å². The van der Waals surface area contributed by atoms with Gasteiger partial charge in [0.25, 0.3) is 5.56 Å². The van der Waals surface area contributed by atoms with Crippen LogP contribution in [0.2, 0.25) is 0 Å². The minimum absolute atomic E-state index is 0.193. The number of nitrogens with one attached hydrogen (secondary N) is 1. The molecule has 1 heterocycles. The maximum atomic E-state index is 11.2. The van der Waals surface area contributed by atoms with Gasteiger partial charge in [0.15, 0.2) is 5.16 Å². The molecule has 0 saturated carbocycles. The van der Waals surface area contributed by atoms with E-state index >= 15 is 0 Å². The fourth-order valence-corrected chi connectivity index (χ4v) is 2.98. The third-order valence-electron chi connectivity index (χ3n) is 2.28. The van der Waals surface area contributed by atoms with Crippen LogP contribution < -0.4 is 5.56 Å². The molecule has 0 amide bonds. The van der Waals surface area contributed by atoms with E-state index in [0.29, 0.717) is 5.16 Å². The van der Waals surface area contributed by atoms with Crippen LogP contribution in [0, 0.1) is 0 Å². The Bertz CT molecular complexity index is 613. The third-order valence-corrected chi connectivity index (χ3v) is 3.75. The van der Waals surface area contributed by atoms with Gasteiger partial charge in [-0.1, -0.05) is 33.8 Å². The van der Waals surface area contributed by atoms with E-state index in [4.69, 9.17) is 0 Å². The first-order valence-corrected chi connectivity index (χ1v) is 6.88. The van der Waals surface area contributed by atoms with E-state index in [9.17, 15) is 9.90 Å². The van der Waals surface area contributed by atoms with Crippen LogP contribution >= 0.6 is 27.7 Å². The zero-order valence-corrected chi connectivity index (χ0v) is 12.0. The maximum absolute atomic E-state index is 11.2. The molecule has 1 unspecified atom stereocenters. The number of aromatic nitrogens is 2. The highest BCUT2D eigenvalue weighted by Gasteiger charge is 2.10. The second-order valence-corrected chi connectivity index (χ2v) is 5.65. The van der Waals surface area contributed by atoms with Gasteiger partial charge in [-0.15, -0.1) is 0 Å². The molecule has 0 aliphatic carbocycles. The van der Waals surface area contributed by atoms with Gasteiger partial charge in [-0.05, 0) is 24.6 Å². The van der Waals surface area contributed by atoms with Crippen molar-refractivity contribution < 1.29 is 5.11 Å². The fraction of sp³-hybridized carbons (Fsp3) is 0.167. The standard InChI is InChI=1S/C12H11BrN2O2S/c1-7(16)9-3-2-8(13)6-10(9)18-12-14-5-4-11(17)15-12/h2-7,16H,1H3,(H,14,15,17). The van der Waals surface area contributed by atoms with Gasteiger partial charge in [0.1, 0.15) is 0 Å². The van der Waals surface area contributed by atoms with Crippen molar-refractivity contribution in [1.29, 1.82) is 0 Å². The molecular weight excluding hydrogens is 316 g/mol. The minimum atomic E-state index is -0.573. The van der Waals surface area contributed by atoms with Crippen molar-refractivity contribution in [3.05, 3.63) is 50.9 Å². The summed E-state index contributed by atoms with van der Waals surface area (Å²) in [6, 6.07) is 6.96. The molecule has 0 spiro atoms. The summed E-state index contributed by atoms with van der Waals surface area (Å²) in [5.41, 5.74) is 0.607. The molecule has 0 aliphatic heterocycles. The lowest BCUT2D eigenvalue weighted by Crippen LogP contribution is -2.05. The molecule has 1 aromatic carbocycles. The Hall–Kier alpha value is -1.11. The summed E-state index contributed by atoms with van der Waals surface area (Å²) in [6.07, 6.45) is 0.886. The number of hydrogen-bond donors (Lipinski definition) is 2. The zero-order chi connectivity index (χ0) is 13.1. The molecule has 4 nitrogen and oxygen atoms in total. The molecule has 0 fully saturated rings. The molecule has 0 bridgehead atoms. The second kappa shape index (κ2) is 5.69. The normalized spacial score (nSPS) is 12.4. The van der Waals surface area contributed by atoms with Gasteiger partial charge in [-0.25, -0.2) is 4.98 Å². The highest BCUT2D eigenvalue weighted by Crippen LogP contribution is 2.33. The Morgan fingerprint density at radius 2 is 2.22 bits per heavy atom. The number of aromatic amines is 1. The molecular formula is C12H11BrN2O2S. The summed E-state index contributed by atoms with van der Waals surface area (Å²) in [5.74, 6) is 0. The summed E-state index contributed by atoms with van der Waals surface area (Å²) in [7, 11) is 0. The van der Waals surface area contributed by atoms with Crippen molar-refractivity contribution >= 4 is 27.7 Å². The smallest absolute Gasteiger partial charge is 0.251 e. The third kappa shape index (κ3) is 3.22. The summed E-state index contributed by atoms with van der Waals surface area (Å²) < 4.78 is 0.910. The fourth-order valence-electron chi connectivity index (χ4n) is 1.45. The van der Waals surface area contributed by atoms with Gasteiger partial charge in [-0.3, -0.25) is 4.79 Å². The Morgan fingerprint density at radius 3 is 2.89 bits per heavy atom. The van der Waals surface area contributed by atoms with Gasteiger partial charge in [0, 0.05) is 21.6 Å². The number of H-pyrrole nitrogens is 1. The van der Waals surface area contributed by atoms with E-state index in [2.05, 4.69) is 25.9 Å². The number of aliphatic hydroxyl groups excluding tert-OH is 1.